The first kappa shape index (κ1) is 19.1. The Morgan fingerprint density at radius 2 is 1.92 bits per heavy atom. The summed E-state index contributed by atoms with van der Waals surface area (Å²) >= 11 is 1.51. The molecule has 1 aromatic heterocycles. The zero-order valence-corrected chi connectivity index (χ0v) is 15.9. The first-order valence-electron chi connectivity index (χ1n) is 8.35. The monoisotopic (exact) mass is 360 g/mol. The average molecular weight is 360 g/mol. The molecule has 0 saturated heterocycles. The average Bonchev–Trinajstić information content (AvgIpc) is 3.07. The quantitative estimate of drug-likeness (QED) is 0.770. The van der Waals surface area contributed by atoms with E-state index in [1.54, 1.807) is 0 Å². The Morgan fingerprint density at radius 3 is 2.48 bits per heavy atom. The van der Waals surface area contributed by atoms with Gasteiger partial charge in [0.2, 0.25) is 5.91 Å². The molecule has 0 saturated carbocycles. The number of hydrogen-bond donors (Lipinski definition) is 1. The number of thiazole rings is 1. The minimum atomic E-state index is -0.641. The van der Waals surface area contributed by atoms with E-state index in [-0.39, 0.29) is 18.2 Å². The third-order valence-corrected chi connectivity index (χ3v) is 4.88. The molecule has 2 rings (SSSR count). The van der Waals surface area contributed by atoms with Gasteiger partial charge in [0.05, 0.1) is 19.2 Å². The van der Waals surface area contributed by atoms with E-state index >= 15 is 0 Å². The third kappa shape index (κ3) is 5.13. The van der Waals surface area contributed by atoms with Crippen LogP contribution in [-0.4, -0.2) is 30.0 Å². The molecule has 1 N–H and O–H groups in total. The molecule has 0 fully saturated rings. The maximum absolute atomic E-state index is 12.2. The summed E-state index contributed by atoms with van der Waals surface area (Å²) < 4.78 is 4.74. The Kier molecular flexibility index (Phi) is 6.70. The van der Waals surface area contributed by atoms with Gasteiger partial charge in [0.25, 0.3) is 0 Å². The van der Waals surface area contributed by atoms with Crippen molar-refractivity contribution in [2.75, 3.05) is 7.11 Å². The number of esters is 1. The predicted octanol–water partition coefficient (Wildman–Crippen LogP) is 3.23. The van der Waals surface area contributed by atoms with Crippen LogP contribution in [0.3, 0.4) is 0 Å². The first-order valence-corrected chi connectivity index (χ1v) is 9.23. The Bertz CT molecular complexity index is 723. The number of ether oxygens (including phenoxy) is 1. The largest absolute Gasteiger partial charge is 0.467 e. The fourth-order valence-corrected chi connectivity index (χ4v) is 3.24. The van der Waals surface area contributed by atoms with E-state index in [2.05, 4.69) is 29.4 Å². The van der Waals surface area contributed by atoms with Gasteiger partial charge in [-0.15, -0.1) is 11.3 Å². The number of carbonyl (C=O) groups is 2. The van der Waals surface area contributed by atoms with E-state index in [1.807, 2.05) is 31.4 Å². The molecule has 134 valence electrons. The number of rotatable bonds is 7. The highest BCUT2D eigenvalue weighted by Crippen LogP contribution is 2.24. The normalized spacial score (nSPS) is 12.0. The topological polar surface area (TPSA) is 68.3 Å². The van der Waals surface area contributed by atoms with Gasteiger partial charge in [0.15, 0.2) is 0 Å². The summed E-state index contributed by atoms with van der Waals surface area (Å²) in [4.78, 5) is 28.5. The van der Waals surface area contributed by atoms with Crippen molar-refractivity contribution in [1.29, 1.82) is 0 Å². The third-order valence-electron chi connectivity index (χ3n) is 3.94. The number of nitrogens with zero attached hydrogens (tertiary/aromatic N) is 1. The predicted molar refractivity (Wildman–Crippen MR) is 99.4 cm³/mol. The highest BCUT2D eigenvalue weighted by molar-refractivity contribution is 7.13. The molecule has 0 bridgehead atoms. The minimum absolute atomic E-state index is 0.0422. The Balaban J connectivity index is 2.02. The van der Waals surface area contributed by atoms with E-state index in [4.69, 9.17) is 4.74 Å². The van der Waals surface area contributed by atoms with Gasteiger partial charge >= 0.3 is 5.97 Å². The van der Waals surface area contributed by atoms with E-state index in [0.717, 1.165) is 17.0 Å². The van der Waals surface area contributed by atoms with Gasteiger partial charge in [-0.1, -0.05) is 45.0 Å². The first-order chi connectivity index (χ1) is 11.9. The SMILES string of the molecule is CCc1ccc(-c2nc(CC(=O)N[C@H](C(=O)OC)C(C)C)cs2)cc1. The maximum Gasteiger partial charge on any atom is 0.328 e. The van der Waals surface area contributed by atoms with Crippen LogP contribution in [0.4, 0.5) is 0 Å². The molecular weight excluding hydrogens is 336 g/mol. The van der Waals surface area contributed by atoms with Crippen LogP contribution in [0.5, 0.6) is 0 Å². The van der Waals surface area contributed by atoms with Crippen LogP contribution in [0.1, 0.15) is 32.0 Å². The molecule has 1 amide bonds. The molecule has 5 nitrogen and oxygen atoms in total. The number of carbonyl (C=O) groups excluding carboxylic acids is 2. The molecule has 0 unspecified atom stereocenters. The zero-order chi connectivity index (χ0) is 18.4. The van der Waals surface area contributed by atoms with Crippen LogP contribution in [0.15, 0.2) is 29.6 Å². The van der Waals surface area contributed by atoms with E-state index in [0.29, 0.717) is 5.69 Å². The number of nitrogens with one attached hydrogen (secondary N) is 1. The summed E-state index contributed by atoms with van der Waals surface area (Å²) in [5, 5.41) is 5.50. The number of methoxy groups -OCH3 is 1. The number of aromatic nitrogens is 1. The molecule has 6 heteroatoms. The van der Waals surface area contributed by atoms with Gasteiger partial charge < -0.3 is 10.1 Å². The number of benzene rings is 1. The van der Waals surface area contributed by atoms with Crippen LogP contribution in [0.25, 0.3) is 10.6 Å². The summed E-state index contributed by atoms with van der Waals surface area (Å²) in [7, 11) is 1.32. The molecule has 0 aliphatic rings. The van der Waals surface area contributed by atoms with Crippen molar-refractivity contribution < 1.29 is 14.3 Å². The van der Waals surface area contributed by atoms with Gasteiger partial charge in [0, 0.05) is 10.9 Å². The zero-order valence-electron chi connectivity index (χ0n) is 15.0. The van der Waals surface area contributed by atoms with Gasteiger partial charge in [-0.3, -0.25) is 4.79 Å². The molecule has 1 atom stereocenters. The molecular formula is C19H24N2O3S. The fraction of sp³-hybridized carbons (Fsp3) is 0.421. The molecule has 0 aliphatic heterocycles. The lowest BCUT2D eigenvalue weighted by Crippen LogP contribution is -2.45. The van der Waals surface area contributed by atoms with Gasteiger partial charge in [-0.05, 0) is 17.9 Å². The number of amides is 1. The van der Waals surface area contributed by atoms with Crippen molar-refractivity contribution in [3.8, 4) is 10.6 Å². The summed E-state index contributed by atoms with van der Waals surface area (Å²) in [5.41, 5.74) is 3.02. The van der Waals surface area contributed by atoms with Crippen molar-refractivity contribution in [3.05, 3.63) is 40.9 Å². The molecule has 1 aromatic carbocycles. The molecule has 0 radical (unpaired) electrons. The van der Waals surface area contributed by atoms with Crippen molar-refractivity contribution in [1.82, 2.24) is 10.3 Å². The van der Waals surface area contributed by atoms with Crippen molar-refractivity contribution in [2.24, 2.45) is 5.92 Å². The maximum atomic E-state index is 12.2. The molecule has 0 aliphatic carbocycles. The number of hydrogen-bond acceptors (Lipinski definition) is 5. The smallest absolute Gasteiger partial charge is 0.328 e. The van der Waals surface area contributed by atoms with E-state index in [9.17, 15) is 9.59 Å². The fourth-order valence-electron chi connectivity index (χ4n) is 2.42. The lowest BCUT2D eigenvalue weighted by atomic mass is 10.0. The highest BCUT2D eigenvalue weighted by atomic mass is 32.1. The standard InChI is InChI=1S/C19H24N2O3S/c1-5-13-6-8-14(9-7-13)18-20-15(11-25-18)10-16(22)21-17(12(2)3)19(23)24-4/h6-9,11-12,17H,5,10H2,1-4H3,(H,21,22)/t17-/m0/s1. The van der Waals surface area contributed by atoms with Gasteiger partial charge in [-0.2, -0.15) is 0 Å². The van der Waals surface area contributed by atoms with Crippen molar-refractivity contribution in [2.45, 2.75) is 39.7 Å². The summed E-state index contributed by atoms with van der Waals surface area (Å²) in [6.07, 6.45) is 1.14. The Hall–Kier alpha value is -2.21. The van der Waals surface area contributed by atoms with Crippen LogP contribution in [0, 0.1) is 5.92 Å². The lowest BCUT2D eigenvalue weighted by Gasteiger charge is -2.19. The Morgan fingerprint density at radius 1 is 1.24 bits per heavy atom. The van der Waals surface area contributed by atoms with Crippen LogP contribution in [0.2, 0.25) is 0 Å². The van der Waals surface area contributed by atoms with Crippen LogP contribution < -0.4 is 5.32 Å². The summed E-state index contributed by atoms with van der Waals surface area (Å²) in [5.74, 6) is -0.708. The Labute approximate surface area is 152 Å². The summed E-state index contributed by atoms with van der Waals surface area (Å²) in [6, 6.07) is 7.64. The van der Waals surface area contributed by atoms with Gasteiger partial charge in [-0.25, -0.2) is 9.78 Å². The van der Waals surface area contributed by atoms with Crippen molar-refractivity contribution >= 4 is 23.2 Å². The lowest BCUT2D eigenvalue weighted by molar-refractivity contribution is -0.146. The molecule has 0 spiro atoms. The van der Waals surface area contributed by atoms with Gasteiger partial charge in [0.1, 0.15) is 11.0 Å². The molecule has 2 aromatic rings. The van der Waals surface area contributed by atoms with Crippen molar-refractivity contribution in [3.63, 3.8) is 0 Å². The second-order valence-electron chi connectivity index (χ2n) is 6.18. The molecule has 1 heterocycles. The molecule has 25 heavy (non-hydrogen) atoms. The van der Waals surface area contributed by atoms with E-state index in [1.165, 1.54) is 24.0 Å². The second kappa shape index (κ2) is 8.76. The number of aryl methyl sites for hydroxylation is 1. The van der Waals surface area contributed by atoms with Crippen LogP contribution in [-0.2, 0) is 27.2 Å². The highest BCUT2D eigenvalue weighted by Gasteiger charge is 2.25. The summed E-state index contributed by atoms with van der Waals surface area (Å²) in [6.45, 7) is 5.85. The second-order valence-corrected chi connectivity index (χ2v) is 7.04. The van der Waals surface area contributed by atoms with E-state index < -0.39 is 12.0 Å². The minimum Gasteiger partial charge on any atom is -0.467 e. The van der Waals surface area contributed by atoms with Crippen LogP contribution >= 0.6 is 11.3 Å².